The van der Waals surface area contributed by atoms with E-state index in [1.54, 1.807) is 30.3 Å². The van der Waals surface area contributed by atoms with Crippen molar-refractivity contribution in [1.29, 1.82) is 0 Å². The molecule has 2 aromatic rings. The standard InChI is InChI=1S/C16H15NO2/c1-11-7-3-4-8-13(11)16(19)14-9-5-6-10-15(14)17-12(2)18/h3-10H,1-2H3,(H,17,18). The van der Waals surface area contributed by atoms with Crippen LogP contribution in [0.5, 0.6) is 0 Å². The number of benzene rings is 2. The van der Waals surface area contributed by atoms with E-state index in [-0.39, 0.29) is 11.7 Å². The predicted octanol–water partition coefficient (Wildman–Crippen LogP) is 3.18. The fraction of sp³-hybridized carbons (Fsp3) is 0.125. The van der Waals surface area contributed by atoms with Crippen molar-refractivity contribution in [2.75, 3.05) is 5.32 Å². The van der Waals surface area contributed by atoms with Crippen LogP contribution < -0.4 is 5.32 Å². The molecule has 2 aromatic carbocycles. The molecule has 0 aromatic heterocycles. The molecule has 3 nitrogen and oxygen atoms in total. The first-order chi connectivity index (χ1) is 9.09. The molecule has 0 bridgehead atoms. The molecule has 0 spiro atoms. The Morgan fingerprint density at radius 2 is 1.47 bits per heavy atom. The van der Waals surface area contributed by atoms with Crippen molar-refractivity contribution in [3.63, 3.8) is 0 Å². The Morgan fingerprint density at radius 3 is 2.11 bits per heavy atom. The van der Waals surface area contributed by atoms with Crippen LogP contribution in [0, 0.1) is 6.92 Å². The molecule has 0 atom stereocenters. The molecule has 0 saturated heterocycles. The highest BCUT2D eigenvalue weighted by Crippen LogP contribution is 2.20. The van der Waals surface area contributed by atoms with Crippen LogP contribution >= 0.6 is 0 Å². The van der Waals surface area contributed by atoms with Crippen LogP contribution in [0.15, 0.2) is 48.5 Å². The summed E-state index contributed by atoms with van der Waals surface area (Å²) in [6.45, 7) is 3.32. The highest BCUT2D eigenvalue weighted by Gasteiger charge is 2.15. The number of aryl methyl sites for hydroxylation is 1. The summed E-state index contributed by atoms with van der Waals surface area (Å²) in [6.07, 6.45) is 0. The first-order valence-electron chi connectivity index (χ1n) is 6.06. The number of rotatable bonds is 3. The molecule has 0 aliphatic carbocycles. The normalized spacial score (nSPS) is 10.0. The average Bonchev–Trinajstić information content (AvgIpc) is 2.38. The molecule has 0 fully saturated rings. The van der Waals surface area contributed by atoms with Gasteiger partial charge in [-0.05, 0) is 24.6 Å². The minimum Gasteiger partial charge on any atom is -0.326 e. The zero-order valence-electron chi connectivity index (χ0n) is 10.9. The minimum absolute atomic E-state index is 0.0811. The Hall–Kier alpha value is -2.42. The lowest BCUT2D eigenvalue weighted by molar-refractivity contribution is -0.114. The number of ketones is 1. The molecule has 19 heavy (non-hydrogen) atoms. The van der Waals surface area contributed by atoms with Crippen LogP contribution in [0.1, 0.15) is 28.4 Å². The first-order valence-corrected chi connectivity index (χ1v) is 6.06. The number of para-hydroxylation sites is 1. The molecule has 0 heterocycles. The number of amides is 1. The predicted molar refractivity (Wildman–Crippen MR) is 75.4 cm³/mol. The van der Waals surface area contributed by atoms with Gasteiger partial charge in [-0.15, -0.1) is 0 Å². The van der Waals surface area contributed by atoms with Crippen LogP contribution in [0.3, 0.4) is 0 Å². The fourth-order valence-electron chi connectivity index (χ4n) is 1.95. The van der Waals surface area contributed by atoms with Gasteiger partial charge in [-0.1, -0.05) is 36.4 Å². The van der Waals surface area contributed by atoms with Gasteiger partial charge in [0.2, 0.25) is 5.91 Å². The third kappa shape index (κ3) is 2.88. The van der Waals surface area contributed by atoms with Gasteiger partial charge in [0.15, 0.2) is 5.78 Å². The van der Waals surface area contributed by atoms with Gasteiger partial charge in [0, 0.05) is 18.1 Å². The highest BCUT2D eigenvalue weighted by atomic mass is 16.1. The first kappa shape index (κ1) is 13.0. The number of carbonyl (C=O) groups excluding carboxylic acids is 2. The molecule has 1 amide bonds. The van der Waals surface area contributed by atoms with Crippen molar-refractivity contribution in [3.8, 4) is 0 Å². The Morgan fingerprint density at radius 1 is 0.895 bits per heavy atom. The molecule has 0 radical (unpaired) electrons. The van der Waals surface area contributed by atoms with E-state index in [0.29, 0.717) is 16.8 Å². The van der Waals surface area contributed by atoms with Crippen LogP contribution in [-0.4, -0.2) is 11.7 Å². The summed E-state index contributed by atoms with van der Waals surface area (Å²) >= 11 is 0. The van der Waals surface area contributed by atoms with Crippen molar-refractivity contribution in [3.05, 3.63) is 65.2 Å². The molecule has 0 unspecified atom stereocenters. The summed E-state index contributed by atoms with van der Waals surface area (Å²) < 4.78 is 0. The van der Waals surface area contributed by atoms with Crippen molar-refractivity contribution < 1.29 is 9.59 Å². The van der Waals surface area contributed by atoms with Gasteiger partial charge >= 0.3 is 0 Å². The second-order valence-electron chi connectivity index (χ2n) is 4.37. The van der Waals surface area contributed by atoms with E-state index in [1.165, 1.54) is 6.92 Å². The van der Waals surface area contributed by atoms with Gasteiger partial charge in [-0.2, -0.15) is 0 Å². The Bertz CT molecular complexity index is 632. The van der Waals surface area contributed by atoms with E-state index in [9.17, 15) is 9.59 Å². The van der Waals surface area contributed by atoms with E-state index in [4.69, 9.17) is 0 Å². The second kappa shape index (κ2) is 5.48. The lowest BCUT2D eigenvalue weighted by Crippen LogP contribution is -2.12. The van der Waals surface area contributed by atoms with Gasteiger partial charge in [-0.3, -0.25) is 9.59 Å². The maximum atomic E-state index is 12.5. The van der Waals surface area contributed by atoms with Gasteiger partial charge < -0.3 is 5.32 Å². The van der Waals surface area contributed by atoms with Gasteiger partial charge in [0.1, 0.15) is 0 Å². The van der Waals surface area contributed by atoms with Crippen LogP contribution in [-0.2, 0) is 4.79 Å². The molecule has 0 aliphatic rings. The van der Waals surface area contributed by atoms with E-state index in [0.717, 1.165) is 5.56 Å². The topological polar surface area (TPSA) is 46.2 Å². The molecule has 3 heteroatoms. The Balaban J connectivity index is 2.45. The number of carbonyl (C=O) groups is 2. The smallest absolute Gasteiger partial charge is 0.221 e. The third-order valence-corrected chi connectivity index (χ3v) is 2.87. The number of nitrogens with one attached hydrogen (secondary N) is 1. The average molecular weight is 253 g/mol. The molecular formula is C16H15NO2. The lowest BCUT2D eigenvalue weighted by atomic mass is 9.98. The van der Waals surface area contributed by atoms with Gasteiger partial charge in [0.25, 0.3) is 0 Å². The summed E-state index contributed by atoms with van der Waals surface area (Å²) in [6, 6.07) is 14.5. The number of anilines is 1. The van der Waals surface area contributed by atoms with Gasteiger partial charge in [0.05, 0.1) is 5.69 Å². The number of hydrogen-bond acceptors (Lipinski definition) is 2. The number of hydrogen-bond donors (Lipinski definition) is 1. The quantitative estimate of drug-likeness (QED) is 0.854. The molecule has 0 aliphatic heterocycles. The fourth-order valence-corrected chi connectivity index (χ4v) is 1.95. The second-order valence-corrected chi connectivity index (χ2v) is 4.37. The zero-order valence-corrected chi connectivity index (χ0v) is 10.9. The minimum atomic E-state index is -0.190. The maximum absolute atomic E-state index is 12.5. The summed E-state index contributed by atoms with van der Waals surface area (Å²) in [5.74, 6) is -0.271. The van der Waals surface area contributed by atoms with Crippen molar-refractivity contribution in [1.82, 2.24) is 0 Å². The summed E-state index contributed by atoms with van der Waals surface area (Å²) in [5, 5.41) is 2.68. The van der Waals surface area contributed by atoms with E-state index < -0.39 is 0 Å². The monoisotopic (exact) mass is 253 g/mol. The lowest BCUT2D eigenvalue weighted by Gasteiger charge is -2.10. The summed E-state index contributed by atoms with van der Waals surface area (Å²) in [5.41, 5.74) is 2.63. The van der Waals surface area contributed by atoms with Gasteiger partial charge in [-0.25, -0.2) is 0 Å². The Kier molecular flexibility index (Phi) is 3.76. The highest BCUT2D eigenvalue weighted by molar-refractivity contribution is 6.14. The van der Waals surface area contributed by atoms with Crippen molar-refractivity contribution in [2.45, 2.75) is 13.8 Å². The largest absolute Gasteiger partial charge is 0.326 e. The molecule has 2 rings (SSSR count). The van der Waals surface area contributed by atoms with Crippen molar-refractivity contribution in [2.24, 2.45) is 0 Å². The summed E-state index contributed by atoms with van der Waals surface area (Å²) in [4.78, 5) is 23.7. The van der Waals surface area contributed by atoms with E-state index in [1.807, 2.05) is 25.1 Å². The third-order valence-electron chi connectivity index (χ3n) is 2.87. The SMILES string of the molecule is CC(=O)Nc1ccccc1C(=O)c1ccccc1C. The van der Waals surface area contributed by atoms with E-state index >= 15 is 0 Å². The summed E-state index contributed by atoms with van der Waals surface area (Å²) in [7, 11) is 0. The maximum Gasteiger partial charge on any atom is 0.221 e. The van der Waals surface area contributed by atoms with Crippen molar-refractivity contribution >= 4 is 17.4 Å². The van der Waals surface area contributed by atoms with Crippen LogP contribution in [0.2, 0.25) is 0 Å². The molecular weight excluding hydrogens is 238 g/mol. The van der Waals surface area contributed by atoms with Crippen LogP contribution in [0.4, 0.5) is 5.69 Å². The van der Waals surface area contributed by atoms with E-state index in [2.05, 4.69) is 5.32 Å². The molecule has 96 valence electrons. The van der Waals surface area contributed by atoms with Crippen LogP contribution in [0.25, 0.3) is 0 Å². The Labute approximate surface area is 112 Å². The molecule has 0 saturated carbocycles. The molecule has 1 N–H and O–H groups in total. The zero-order chi connectivity index (χ0) is 13.8.